The van der Waals surface area contributed by atoms with Crippen LogP contribution in [0.3, 0.4) is 0 Å². The lowest BCUT2D eigenvalue weighted by atomic mass is 10.0. The summed E-state index contributed by atoms with van der Waals surface area (Å²) in [5, 5.41) is 0.923. The maximum absolute atomic E-state index is 12.0. The van der Waals surface area contributed by atoms with E-state index in [9.17, 15) is 13.2 Å². The Morgan fingerprint density at radius 1 is 1.04 bits per heavy atom. The minimum Gasteiger partial charge on any atom is -0.299 e. The number of hydrogen-bond acceptors (Lipinski definition) is 3. The third-order valence-corrected chi connectivity index (χ3v) is 7.12. The lowest BCUT2D eigenvalue weighted by Gasteiger charge is -2.18. The second-order valence-electron chi connectivity index (χ2n) is 6.71. The van der Waals surface area contributed by atoms with Crippen LogP contribution in [0.4, 0.5) is 0 Å². The minimum atomic E-state index is -3.07. The SMILES string of the molecule is CC(C)(C)S(=O)(=O)CCCCCC(=O)Cc1ccc(Cl)c(Cl)c1. The van der Waals surface area contributed by atoms with Crippen LogP contribution in [-0.2, 0) is 21.1 Å². The molecule has 0 aliphatic carbocycles. The van der Waals surface area contributed by atoms with Gasteiger partial charge in [0, 0.05) is 12.8 Å². The van der Waals surface area contributed by atoms with Crippen LogP contribution in [0.2, 0.25) is 10.0 Å². The molecule has 1 aromatic rings. The number of sulfone groups is 1. The summed E-state index contributed by atoms with van der Waals surface area (Å²) in [6.45, 7) is 5.13. The van der Waals surface area contributed by atoms with Gasteiger partial charge in [0.05, 0.1) is 20.5 Å². The largest absolute Gasteiger partial charge is 0.299 e. The van der Waals surface area contributed by atoms with Gasteiger partial charge in [-0.25, -0.2) is 8.42 Å². The molecule has 0 N–H and O–H groups in total. The van der Waals surface area contributed by atoms with Crippen molar-refractivity contribution in [2.45, 2.75) is 57.6 Å². The summed E-state index contributed by atoms with van der Waals surface area (Å²) in [6, 6.07) is 5.18. The van der Waals surface area contributed by atoms with Gasteiger partial charge in [0.1, 0.15) is 5.78 Å². The second kappa shape index (κ2) is 8.50. The Hall–Kier alpha value is -0.580. The summed E-state index contributed by atoms with van der Waals surface area (Å²) < 4.78 is 23.2. The zero-order valence-corrected chi connectivity index (χ0v) is 16.2. The summed E-state index contributed by atoms with van der Waals surface area (Å²) in [7, 11) is -3.07. The van der Waals surface area contributed by atoms with Crippen molar-refractivity contribution in [3.05, 3.63) is 33.8 Å². The van der Waals surface area contributed by atoms with Crippen LogP contribution in [0, 0.1) is 0 Å². The predicted molar refractivity (Wildman–Crippen MR) is 97.2 cm³/mol. The fourth-order valence-electron chi connectivity index (χ4n) is 2.06. The first-order valence-electron chi connectivity index (χ1n) is 7.71. The van der Waals surface area contributed by atoms with Crippen molar-refractivity contribution >= 4 is 38.8 Å². The Morgan fingerprint density at radius 3 is 2.26 bits per heavy atom. The molecule has 0 atom stereocenters. The Morgan fingerprint density at radius 2 is 1.70 bits per heavy atom. The van der Waals surface area contributed by atoms with Crippen LogP contribution in [0.5, 0.6) is 0 Å². The third-order valence-electron chi connectivity index (χ3n) is 3.69. The van der Waals surface area contributed by atoms with Crippen molar-refractivity contribution in [1.29, 1.82) is 0 Å². The van der Waals surface area contributed by atoms with E-state index in [0.717, 1.165) is 12.0 Å². The Bertz CT molecular complexity index is 646. The molecule has 1 rings (SSSR count). The van der Waals surface area contributed by atoms with Crippen molar-refractivity contribution in [3.8, 4) is 0 Å². The predicted octanol–water partition coefficient (Wildman–Crippen LogP) is 4.88. The smallest absolute Gasteiger partial charge is 0.155 e. The molecule has 0 spiro atoms. The zero-order valence-electron chi connectivity index (χ0n) is 13.9. The number of Topliss-reactive ketones (excluding diaryl/α,β-unsaturated/α-hetero) is 1. The number of ketones is 1. The van der Waals surface area contributed by atoms with Crippen LogP contribution >= 0.6 is 23.2 Å². The summed E-state index contributed by atoms with van der Waals surface area (Å²) in [4.78, 5) is 11.9. The van der Waals surface area contributed by atoms with Crippen LogP contribution in [0.1, 0.15) is 52.0 Å². The van der Waals surface area contributed by atoms with Crippen molar-refractivity contribution in [2.75, 3.05) is 5.75 Å². The number of hydrogen-bond donors (Lipinski definition) is 0. The monoisotopic (exact) mass is 378 g/mol. The topological polar surface area (TPSA) is 51.2 Å². The first-order chi connectivity index (χ1) is 10.5. The van der Waals surface area contributed by atoms with E-state index in [2.05, 4.69) is 0 Å². The molecule has 23 heavy (non-hydrogen) atoms. The third kappa shape index (κ3) is 6.82. The highest BCUT2D eigenvalue weighted by Crippen LogP contribution is 2.23. The van der Waals surface area contributed by atoms with E-state index in [0.29, 0.717) is 35.7 Å². The highest BCUT2D eigenvalue weighted by Gasteiger charge is 2.27. The minimum absolute atomic E-state index is 0.127. The van der Waals surface area contributed by atoms with Gasteiger partial charge >= 0.3 is 0 Å². The molecular weight excluding hydrogens is 355 g/mol. The molecule has 0 heterocycles. The molecule has 6 heteroatoms. The Labute approximate surface area is 149 Å². The molecule has 0 aliphatic heterocycles. The number of benzene rings is 1. The summed E-state index contributed by atoms with van der Waals surface area (Å²) in [6.07, 6.45) is 2.83. The maximum atomic E-state index is 12.0. The molecule has 0 amide bonds. The summed E-state index contributed by atoms with van der Waals surface area (Å²) in [5.74, 6) is 0.305. The van der Waals surface area contributed by atoms with Crippen molar-refractivity contribution < 1.29 is 13.2 Å². The quantitative estimate of drug-likeness (QED) is 0.605. The first-order valence-corrected chi connectivity index (χ1v) is 10.1. The van der Waals surface area contributed by atoms with Gasteiger partial charge in [-0.2, -0.15) is 0 Å². The van der Waals surface area contributed by atoms with E-state index >= 15 is 0 Å². The number of carbonyl (C=O) groups is 1. The number of unbranched alkanes of at least 4 members (excludes halogenated alkanes) is 2. The number of rotatable bonds is 8. The molecule has 0 saturated carbocycles. The van der Waals surface area contributed by atoms with E-state index in [1.165, 1.54) is 0 Å². The number of carbonyl (C=O) groups excluding carboxylic acids is 1. The van der Waals surface area contributed by atoms with Gasteiger partial charge in [0.2, 0.25) is 0 Å². The van der Waals surface area contributed by atoms with E-state index in [-0.39, 0.29) is 11.5 Å². The van der Waals surface area contributed by atoms with Gasteiger partial charge in [-0.05, 0) is 51.3 Å². The Kier molecular flexibility index (Phi) is 7.56. The average Bonchev–Trinajstić information content (AvgIpc) is 2.41. The second-order valence-corrected chi connectivity index (χ2v) is 10.4. The highest BCUT2D eigenvalue weighted by molar-refractivity contribution is 7.92. The van der Waals surface area contributed by atoms with E-state index in [1.807, 2.05) is 0 Å². The molecule has 1 aromatic carbocycles. The summed E-state index contributed by atoms with van der Waals surface area (Å²) in [5.41, 5.74) is 0.847. The van der Waals surface area contributed by atoms with Gasteiger partial charge in [0.15, 0.2) is 9.84 Å². The van der Waals surface area contributed by atoms with E-state index in [4.69, 9.17) is 23.2 Å². The fraction of sp³-hybridized carbons (Fsp3) is 0.588. The fourth-order valence-corrected chi connectivity index (χ4v) is 3.58. The van der Waals surface area contributed by atoms with Gasteiger partial charge in [-0.1, -0.05) is 35.7 Å². The first kappa shape index (κ1) is 20.5. The molecule has 0 radical (unpaired) electrons. The van der Waals surface area contributed by atoms with Crippen molar-refractivity contribution in [2.24, 2.45) is 0 Å². The van der Waals surface area contributed by atoms with Crippen LogP contribution < -0.4 is 0 Å². The molecular formula is C17H24Cl2O3S. The normalized spacial score (nSPS) is 12.4. The zero-order chi connectivity index (χ0) is 17.7. The molecule has 0 aliphatic rings. The lowest BCUT2D eigenvalue weighted by molar-refractivity contribution is -0.118. The van der Waals surface area contributed by atoms with Crippen molar-refractivity contribution in [1.82, 2.24) is 0 Å². The van der Waals surface area contributed by atoms with Crippen LogP contribution in [0.15, 0.2) is 18.2 Å². The Balaban J connectivity index is 2.31. The lowest BCUT2D eigenvalue weighted by Crippen LogP contribution is -2.30. The molecule has 130 valence electrons. The molecule has 0 bridgehead atoms. The standard InChI is InChI=1S/C17H24Cl2O3S/c1-17(2,3)23(21,22)10-6-4-5-7-14(20)11-13-8-9-15(18)16(19)12-13/h8-9,12H,4-7,10-11H2,1-3H3. The van der Waals surface area contributed by atoms with Crippen LogP contribution in [0.25, 0.3) is 0 Å². The van der Waals surface area contributed by atoms with E-state index in [1.54, 1.807) is 39.0 Å². The molecule has 0 aromatic heterocycles. The number of halogens is 2. The molecule has 0 saturated heterocycles. The summed E-state index contributed by atoms with van der Waals surface area (Å²) >= 11 is 11.8. The van der Waals surface area contributed by atoms with Crippen molar-refractivity contribution in [3.63, 3.8) is 0 Å². The van der Waals surface area contributed by atoms with E-state index < -0.39 is 14.6 Å². The average molecular weight is 379 g/mol. The highest BCUT2D eigenvalue weighted by atomic mass is 35.5. The van der Waals surface area contributed by atoms with Gasteiger partial charge in [-0.3, -0.25) is 4.79 Å². The van der Waals surface area contributed by atoms with Crippen LogP contribution in [-0.4, -0.2) is 24.7 Å². The molecule has 0 fully saturated rings. The van der Waals surface area contributed by atoms with Gasteiger partial charge < -0.3 is 0 Å². The van der Waals surface area contributed by atoms with Gasteiger partial charge in [0.25, 0.3) is 0 Å². The maximum Gasteiger partial charge on any atom is 0.155 e. The molecule has 0 unspecified atom stereocenters. The molecule has 3 nitrogen and oxygen atoms in total. The van der Waals surface area contributed by atoms with Gasteiger partial charge in [-0.15, -0.1) is 0 Å².